The van der Waals surface area contributed by atoms with Crippen molar-refractivity contribution in [3.63, 3.8) is 0 Å². The maximum Gasteiger partial charge on any atom is 0.466 e. The van der Waals surface area contributed by atoms with Crippen LogP contribution in [0.2, 0.25) is 0 Å². The quantitative estimate of drug-likeness (QED) is 0.112. The second-order valence-corrected chi connectivity index (χ2v) is 7.34. The summed E-state index contributed by atoms with van der Waals surface area (Å²) in [5.41, 5.74) is 0. The third-order valence-electron chi connectivity index (χ3n) is 3.40. The molecular weight excluding hydrogens is 459 g/mol. The smallest absolute Gasteiger partial charge is 0.466 e. The molecule has 0 saturated carbocycles. The van der Waals surface area contributed by atoms with E-state index in [1.54, 1.807) is 0 Å². The van der Waals surface area contributed by atoms with E-state index in [2.05, 4.69) is 16.1 Å². The molecule has 0 spiro atoms. The van der Waals surface area contributed by atoms with Crippen molar-refractivity contribution in [3.8, 4) is 0 Å². The van der Waals surface area contributed by atoms with Crippen molar-refractivity contribution < 1.29 is 62.8 Å². The molecule has 16 heteroatoms. The van der Waals surface area contributed by atoms with Gasteiger partial charge in [-0.05, 0) is 12.8 Å². The van der Waals surface area contributed by atoms with E-state index in [4.69, 9.17) is 0 Å². The van der Waals surface area contributed by atoms with Gasteiger partial charge in [-0.3, -0.25) is 4.79 Å². The lowest BCUT2D eigenvalue weighted by Gasteiger charge is -2.34. The molecule has 30 heavy (non-hydrogen) atoms. The van der Waals surface area contributed by atoms with Crippen molar-refractivity contribution in [1.82, 2.24) is 4.90 Å². The minimum atomic E-state index is -6.71. The molecule has 0 aliphatic heterocycles. The monoisotopic (exact) mass is 476 g/mol. The molecule has 0 heterocycles. The van der Waals surface area contributed by atoms with E-state index in [1.807, 2.05) is 0 Å². The molecule has 0 aliphatic carbocycles. The molecule has 0 radical (unpaired) electrons. The SMILES string of the molecule is C=CC(=O)OC(OCCCCC(F)(F)C(F)(F)S(=O)(=O)[O-])(C(=O)N(C)C)C(F)(F)F. The van der Waals surface area contributed by atoms with Gasteiger partial charge < -0.3 is 18.9 Å². The summed E-state index contributed by atoms with van der Waals surface area (Å²) in [7, 11) is -4.99. The van der Waals surface area contributed by atoms with E-state index < -0.39 is 71.0 Å². The zero-order chi connectivity index (χ0) is 24.2. The van der Waals surface area contributed by atoms with Crippen LogP contribution in [-0.2, 0) is 29.2 Å². The third-order valence-corrected chi connectivity index (χ3v) is 4.33. The van der Waals surface area contributed by atoms with E-state index >= 15 is 0 Å². The Morgan fingerprint density at radius 3 is 1.93 bits per heavy atom. The van der Waals surface area contributed by atoms with Crippen molar-refractivity contribution >= 4 is 22.0 Å². The van der Waals surface area contributed by atoms with Crippen LogP contribution in [-0.4, -0.2) is 73.6 Å². The summed E-state index contributed by atoms with van der Waals surface area (Å²) in [6.07, 6.45) is -9.14. The Balaban J connectivity index is 5.39. The van der Waals surface area contributed by atoms with E-state index in [-0.39, 0.29) is 0 Å². The van der Waals surface area contributed by atoms with Crippen LogP contribution < -0.4 is 0 Å². The number of unbranched alkanes of at least 4 members (excludes halogenated alkanes) is 1. The fraction of sp³-hybridized carbons (Fsp3) is 0.714. The second kappa shape index (κ2) is 9.47. The number of nitrogens with zero attached hydrogens (tertiary/aromatic N) is 1. The maximum absolute atomic E-state index is 13.5. The Morgan fingerprint density at radius 1 is 1.07 bits per heavy atom. The number of alkyl halides is 7. The molecule has 1 amide bonds. The standard InChI is InChI=1S/C14H18F7NO7S/c1-4-9(23)29-12(13(17,18)19,10(24)22(2)3)28-8-6-5-7-11(15,16)14(20,21)30(25,26)27/h4H,1,5-8H2,2-3H3,(H,25,26,27)/p-1. The number of ether oxygens (including phenoxy) is 2. The molecule has 0 aliphatic rings. The van der Waals surface area contributed by atoms with Gasteiger partial charge in [-0.15, -0.1) is 0 Å². The predicted octanol–water partition coefficient (Wildman–Crippen LogP) is 2.02. The van der Waals surface area contributed by atoms with Gasteiger partial charge in [-0.2, -0.15) is 30.7 Å². The number of halogens is 7. The predicted molar refractivity (Wildman–Crippen MR) is 83.2 cm³/mol. The van der Waals surface area contributed by atoms with Gasteiger partial charge >= 0.3 is 35.0 Å². The highest BCUT2D eigenvalue weighted by atomic mass is 32.2. The topological polar surface area (TPSA) is 113 Å². The number of esters is 1. The number of hydrogen-bond donors (Lipinski definition) is 0. The fourth-order valence-electron chi connectivity index (χ4n) is 1.87. The highest BCUT2D eigenvalue weighted by Crippen LogP contribution is 2.42. The lowest BCUT2D eigenvalue weighted by Crippen LogP contribution is -2.61. The average molecular weight is 476 g/mol. The summed E-state index contributed by atoms with van der Waals surface area (Å²) in [5, 5.41) is -5.95. The zero-order valence-corrected chi connectivity index (χ0v) is 16.3. The molecule has 0 aromatic rings. The fourth-order valence-corrected chi connectivity index (χ4v) is 2.33. The van der Waals surface area contributed by atoms with Gasteiger partial charge in [0.1, 0.15) is 0 Å². The number of carbonyl (C=O) groups excluding carboxylic acids is 2. The van der Waals surface area contributed by atoms with Gasteiger partial charge in [0.2, 0.25) is 0 Å². The third kappa shape index (κ3) is 6.04. The van der Waals surface area contributed by atoms with Crippen LogP contribution in [0.4, 0.5) is 30.7 Å². The summed E-state index contributed by atoms with van der Waals surface area (Å²) >= 11 is 0. The molecule has 0 saturated heterocycles. The molecule has 8 nitrogen and oxygen atoms in total. The molecule has 1 unspecified atom stereocenters. The molecule has 176 valence electrons. The molecule has 1 atom stereocenters. The number of carbonyl (C=O) groups is 2. The summed E-state index contributed by atoms with van der Waals surface area (Å²) in [6.45, 7) is 1.66. The Kier molecular flexibility index (Phi) is 8.85. The van der Waals surface area contributed by atoms with Gasteiger partial charge in [-0.25, -0.2) is 13.2 Å². The zero-order valence-electron chi connectivity index (χ0n) is 15.5. The molecule has 0 aromatic heterocycles. The van der Waals surface area contributed by atoms with Crippen molar-refractivity contribution in [2.24, 2.45) is 0 Å². The van der Waals surface area contributed by atoms with E-state index in [1.165, 1.54) is 0 Å². The minimum Gasteiger partial charge on any atom is -0.743 e. The van der Waals surface area contributed by atoms with Gasteiger partial charge in [0, 0.05) is 26.6 Å². The van der Waals surface area contributed by atoms with Crippen LogP contribution >= 0.6 is 0 Å². The lowest BCUT2D eigenvalue weighted by atomic mass is 10.1. The Morgan fingerprint density at radius 2 is 1.57 bits per heavy atom. The summed E-state index contributed by atoms with van der Waals surface area (Å²) in [6, 6.07) is 0. The second-order valence-electron chi connectivity index (χ2n) is 5.92. The summed E-state index contributed by atoms with van der Waals surface area (Å²) in [5.74, 6) is -13.1. The van der Waals surface area contributed by atoms with Crippen molar-refractivity contribution in [2.45, 2.75) is 42.4 Å². The van der Waals surface area contributed by atoms with Crippen LogP contribution in [0, 0.1) is 0 Å². The highest BCUT2D eigenvalue weighted by molar-refractivity contribution is 7.86. The molecule has 0 fully saturated rings. The van der Waals surface area contributed by atoms with Crippen LogP contribution in [0.1, 0.15) is 19.3 Å². The Labute approximate surface area is 166 Å². The van der Waals surface area contributed by atoms with E-state index in [0.29, 0.717) is 11.0 Å². The summed E-state index contributed by atoms with van der Waals surface area (Å²) < 4.78 is 132. The normalized spacial score (nSPS) is 15.3. The van der Waals surface area contributed by atoms with Crippen LogP contribution in [0.5, 0.6) is 0 Å². The van der Waals surface area contributed by atoms with Crippen molar-refractivity contribution in [1.29, 1.82) is 0 Å². The number of hydrogen-bond acceptors (Lipinski definition) is 7. The first-order valence-corrected chi connectivity index (χ1v) is 9.16. The minimum absolute atomic E-state index is 0.290. The van der Waals surface area contributed by atoms with Crippen molar-refractivity contribution in [3.05, 3.63) is 12.7 Å². The van der Waals surface area contributed by atoms with Crippen LogP contribution in [0.3, 0.4) is 0 Å². The first kappa shape index (κ1) is 28.1. The van der Waals surface area contributed by atoms with Crippen LogP contribution in [0.25, 0.3) is 0 Å². The highest BCUT2D eigenvalue weighted by Gasteiger charge is 2.67. The number of rotatable bonds is 11. The first-order chi connectivity index (χ1) is 13.3. The molecule has 0 aromatic carbocycles. The first-order valence-electron chi connectivity index (χ1n) is 7.75. The lowest BCUT2D eigenvalue weighted by molar-refractivity contribution is -0.349. The molecular formula is C14H17F7NO7S-. The van der Waals surface area contributed by atoms with E-state index in [0.717, 1.165) is 14.1 Å². The van der Waals surface area contributed by atoms with Crippen molar-refractivity contribution in [2.75, 3.05) is 20.7 Å². The van der Waals surface area contributed by atoms with Gasteiger partial charge in [-0.1, -0.05) is 6.58 Å². The number of amides is 1. The largest absolute Gasteiger partial charge is 0.743 e. The average Bonchev–Trinajstić information content (AvgIpc) is 2.57. The number of likely N-dealkylation sites (N-methyl/N-ethyl adjacent to an activating group) is 1. The molecule has 0 bridgehead atoms. The Hall–Kier alpha value is -1.94. The Bertz CT molecular complexity index is 752. The van der Waals surface area contributed by atoms with Gasteiger partial charge in [0.15, 0.2) is 10.1 Å². The van der Waals surface area contributed by atoms with Gasteiger partial charge in [0.25, 0.3) is 0 Å². The maximum atomic E-state index is 13.5. The van der Waals surface area contributed by atoms with Crippen LogP contribution in [0.15, 0.2) is 12.7 Å². The molecule has 0 rings (SSSR count). The molecule has 0 N–H and O–H groups in total. The van der Waals surface area contributed by atoms with E-state index in [9.17, 15) is 53.3 Å². The summed E-state index contributed by atoms with van der Waals surface area (Å²) in [4.78, 5) is 23.6. The van der Waals surface area contributed by atoms with Gasteiger partial charge in [0.05, 0.1) is 6.61 Å².